The van der Waals surface area contributed by atoms with E-state index in [0.29, 0.717) is 0 Å². The molecule has 1 atom stereocenters. The van der Waals surface area contributed by atoms with E-state index >= 15 is 0 Å². The third-order valence-corrected chi connectivity index (χ3v) is 2.99. The van der Waals surface area contributed by atoms with E-state index in [9.17, 15) is 4.79 Å². The van der Waals surface area contributed by atoms with Gasteiger partial charge in [0.2, 0.25) is 0 Å². The third kappa shape index (κ3) is 3.23. The van der Waals surface area contributed by atoms with Gasteiger partial charge < -0.3 is 14.8 Å². The molecular formula is C14H21NO3. The number of ether oxygens (including phenoxy) is 2. The van der Waals surface area contributed by atoms with E-state index in [1.165, 1.54) is 7.11 Å². The van der Waals surface area contributed by atoms with Crippen molar-refractivity contribution in [1.82, 2.24) is 5.32 Å². The Morgan fingerprint density at radius 1 is 1.33 bits per heavy atom. The minimum Gasteiger partial charge on any atom is -0.496 e. The second-order valence-corrected chi connectivity index (χ2v) is 4.32. The number of nitrogens with one attached hydrogen (secondary N) is 1. The van der Waals surface area contributed by atoms with Gasteiger partial charge in [-0.25, -0.2) is 0 Å². The lowest BCUT2D eigenvalue weighted by Crippen LogP contribution is -2.41. The summed E-state index contributed by atoms with van der Waals surface area (Å²) in [6, 6.07) is 7.70. The van der Waals surface area contributed by atoms with Crippen LogP contribution in [0.25, 0.3) is 0 Å². The van der Waals surface area contributed by atoms with Gasteiger partial charge in [0.1, 0.15) is 5.75 Å². The molecule has 0 aromatic heterocycles. The summed E-state index contributed by atoms with van der Waals surface area (Å²) in [6.07, 6.45) is 0.262. The van der Waals surface area contributed by atoms with Gasteiger partial charge in [0, 0.05) is 5.56 Å². The van der Waals surface area contributed by atoms with Crippen molar-refractivity contribution in [3.05, 3.63) is 29.8 Å². The molecule has 0 fully saturated rings. The number of hydrogen-bond acceptors (Lipinski definition) is 4. The van der Waals surface area contributed by atoms with E-state index in [1.54, 1.807) is 7.11 Å². The molecule has 1 aromatic carbocycles. The first kappa shape index (κ1) is 14.5. The van der Waals surface area contributed by atoms with Crippen molar-refractivity contribution in [2.24, 2.45) is 0 Å². The molecule has 18 heavy (non-hydrogen) atoms. The van der Waals surface area contributed by atoms with Gasteiger partial charge in [-0.3, -0.25) is 4.79 Å². The van der Waals surface area contributed by atoms with E-state index in [-0.39, 0.29) is 12.4 Å². The second-order valence-electron chi connectivity index (χ2n) is 4.32. The number of benzene rings is 1. The van der Waals surface area contributed by atoms with Crippen molar-refractivity contribution < 1.29 is 14.3 Å². The summed E-state index contributed by atoms with van der Waals surface area (Å²) in [6.45, 7) is 4.74. The van der Waals surface area contributed by atoms with Gasteiger partial charge in [-0.1, -0.05) is 25.1 Å². The van der Waals surface area contributed by atoms with Crippen LogP contribution in [0.3, 0.4) is 0 Å². The zero-order valence-corrected chi connectivity index (χ0v) is 11.4. The molecule has 4 nitrogen and oxygen atoms in total. The minimum absolute atomic E-state index is 0.246. The molecule has 0 radical (unpaired) electrons. The zero-order chi connectivity index (χ0) is 13.6. The standard InChI is InChI=1S/C14H21NO3/c1-5-15-14(2,10-13(16)18-4)11-8-6-7-9-12(11)17-3/h6-9,15H,5,10H2,1-4H3. The van der Waals surface area contributed by atoms with Crippen molar-refractivity contribution in [3.63, 3.8) is 0 Å². The number of methoxy groups -OCH3 is 2. The lowest BCUT2D eigenvalue weighted by molar-refractivity contribution is -0.142. The molecule has 0 saturated heterocycles. The lowest BCUT2D eigenvalue weighted by atomic mass is 9.87. The largest absolute Gasteiger partial charge is 0.496 e. The van der Waals surface area contributed by atoms with Crippen LogP contribution in [0.2, 0.25) is 0 Å². The van der Waals surface area contributed by atoms with Gasteiger partial charge in [-0.05, 0) is 19.5 Å². The average Bonchev–Trinajstić information content (AvgIpc) is 2.38. The van der Waals surface area contributed by atoms with Crippen molar-refractivity contribution >= 4 is 5.97 Å². The summed E-state index contributed by atoms with van der Waals surface area (Å²) in [5.74, 6) is 0.522. The number of carbonyl (C=O) groups excluding carboxylic acids is 1. The van der Waals surface area contributed by atoms with E-state index < -0.39 is 5.54 Å². The predicted octanol–water partition coefficient (Wildman–Crippen LogP) is 2.08. The highest BCUT2D eigenvalue weighted by atomic mass is 16.5. The van der Waals surface area contributed by atoms with E-state index in [0.717, 1.165) is 17.9 Å². The molecule has 0 amide bonds. The maximum Gasteiger partial charge on any atom is 0.307 e. The van der Waals surface area contributed by atoms with Crippen LogP contribution in [-0.4, -0.2) is 26.7 Å². The molecule has 0 bridgehead atoms. The Labute approximate surface area is 108 Å². The van der Waals surface area contributed by atoms with Gasteiger partial charge in [-0.15, -0.1) is 0 Å². The highest BCUT2D eigenvalue weighted by molar-refractivity contribution is 5.71. The summed E-state index contributed by atoms with van der Waals surface area (Å²) in [4.78, 5) is 11.6. The topological polar surface area (TPSA) is 47.6 Å². The van der Waals surface area contributed by atoms with E-state index in [2.05, 4.69) is 5.32 Å². The maximum absolute atomic E-state index is 11.6. The fourth-order valence-electron chi connectivity index (χ4n) is 2.10. The summed E-state index contributed by atoms with van der Waals surface area (Å²) in [7, 11) is 3.03. The molecule has 100 valence electrons. The number of para-hydroxylation sites is 1. The van der Waals surface area contributed by atoms with Gasteiger partial charge in [0.25, 0.3) is 0 Å². The Kier molecular flexibility index (Phi) is 5.16. The summed E-state index contributed by atoms with van der Waals surface area (Å²) >= 11 is 0. The van der Waals surface area contributed by atoms with E-state index in [4.69, 9.17) is 9.47 Å². The van der Waals surface area contributed by atoms with Crippen LogP contribution in [0.4, 0.5) is 0 Å². The summed E-state index contributed by atoms with van der Waals surface area (Å²) < 4.78 is 10.1. The fraction of sp³-hybridized carbons (Fsp3) is 0.500. The Morgan fingerprint density at radius 2 is 2.00 bits per heavy atom. The quantitative estimate of drug-likeness (QED) is 0.786. The van der Waals surface area contributed by atoms with Crippen LogP contribution in [0.1, 0.15) is 25.8 Å². The minimum atomic E-state index is -0.492. The molecule has 1 aromatic rings. The maximum atomic E-state index is 11.6. The smallest absolute Gasteiger partial charge is 0.307 e. The van der Waals surface area contributed by atoms with Crippen molar-refractivity contribution in [2.75, 3.05) is 20.8 Å². The molecule has 0 aliphatic carbocycles. The van der Waals surface area contributed by atoms with Crippen LogP contribution < -0.4 is 10.1 Å². The highest BCUT2D eigenvalue weighted by Crippen LogP contribution is 2.32. The Bertz CT molecular complexity index is 406. The molecule has 0 spiro atoms. The van der Waals surface area contributed by atoms with Crippen molar-refractivity contribution in [1.29, 1.82) is 0 Å². The second kappa shape index (κ2) is 6.40. The van der Waals surface area contributed by atoms with Crippen LogP contribution in [-0.2, 0) is 15.1 Å². The number of esters is 1. The number of hydrogen-bond donors (Lipinski definition) is 1. The van der Waals surface area contributed by atoms with Crippen LogP contribution in [0, 0.1) is 0 Å². The molecule has 1 rings (SSSR count). The van der Waals surface area contributed by atoms with Gasteiger partial charge in [-0.2, -0.15) is 0 Å². The highest BCUT2D eigenvalue weighted by Gasteiger charge is 2.31. The molecule has 0 aliphatic heterocycles. The third-order valence-electron chi connectivity index (χ3n) is 2.99. The van der Waals surface area contributed by atoms with Crippen molar-refractivity contribution in [3.8, 4) is 5.75 Å². The SMILES string of the molecule is CCNC(C)(CC(=O)OC)c1ccccc1OC. The van der Waals surface area contributed by atoms with Crippen LogP contribution >= 0.6 is 0 Å². The zero-order valence-electron chi connectivity index (χ0n) is 11.4. The first-order chi connectivity index (χ1) is 8.57. The number of carbonyl (C=O) groups is 1. The molecule has 1 N–H and O–H groups in total. The van der Waals surface area contributed by atoms with Gasteiger partial charge in [0.05, 0.1) is 26.2 Å². The monoisotopic (exact) mass is 251 g/mol. The number of rotatable bonds is 6. The Balaban J connectivity index is 3.13. The Morgan fingerprint density at radius 3 is 2.56 bits per heavy atom. The fourth-order valence-corrected chi connectivity index (χ4v) is 2.10. The first-order valence-electron chi connectivity index (χ1n) is 6.02. The molecule has 0 heterocycles. The Hall–Kier alpha value is -1.55. The van der Waals surface area contributed by atoms with Gasteiger partial charge in [0.15, 0.2) is 0 Å². The lowest BCUT2D eigenvalue weighted by Gasteiger charge is -2.31. The molecule has 0 saturated carbocycles. The molecule has 0 aliphatic rings. The predicted molar refractivity (Wildman–Crippen MR) is 70.7 cm³/mol. The first-order valence-corrected chi connectivity index (χ1v) is 6.02. The normalized spacial score (nSPS) is 13.8. The van der Waals surface area contributed by atoms with E-state index in [1.807, 2.05) is 38.1 Å². The molecule has 1 unspecified atom stereocenters. The average molecular weight is 251 g/mol. The summed E-state index contributed by atoms with van der Waals surface area (Å²) in [5, 5.41) is 3.33. The van der Waals surface area contributed by atoms with Gasteiger partial charge >= 0.3 is 5.97 Å². The molecule has 4 heteroatoms. The summed E-state index contributed by atoms with van der Waals surface area (Å²) in [5.41, 5.74) is 0.466. The van der Waals surface area contributed by atoms with Crippen molar-refractivity contribution in [2.45, 2.75) is 25.8 Å². The van der Waals surface area contributed by atoms with Crippen LogP contribution in [0.5, 0.6) is 5.75 Å². The molecular weight excluding hydrogens is 230 g/mol. The van der Waals surface area contributed by atoms with Crippen LogP contribution in [0.15, 0.2) is 24.3 Å².